The lowest BCUT2D eigenvalue weighted by molar-refractivity contribution is -0.122. The van der Waals surface area contributed by atoms with Gasteiger partial charge in [0.25, 0.3) is 0 Å². The van der Waals surface area contributed by atoms with Crippen molar-refractivity contribution in [2.75, 3.05) is 12.4 Å². The zero-order valence-electron chi connectivity index (χ0n) is 13.3. The number of carboxylic acids is 1. The number of anilines is 1. The summed E-state index contributed by atoms with van der Waals surface area (Å²) in [6.07, 6.45) is 3.97. The number of aromatic carboxylic acids is 1. The Hall–Kier alpha value is -2.04. The number of carbonyl (C=O) groups is 2. The molecule has 1 fully saturated rings. The van der Waals surface area contributed by atoms with E-state index in [9.17, 15) is 9.59 Å². The molecule has 0 spiro atoms. The van der Waals surface area contributed by atoms with E-state index in [-0.39, 0.29) is 22.8 Å². The number of ether oxygens (including phenoxy) is 1. The highest BCUT2D eigenvalue weighted by molar-refractivity contribution is 5.95. The van der Waals surface area contributed by atoms with Crippen molar-refractivity contribution >= 4 is 17.6 Å². The number of rotatable bonds is 4. The Morgan fingerprint density at radius 1 is 1.36 bits per heavy atom. The molecule has 1 aliphatic carbocycles. The summed E-state index contributed by atoms with van der Waals surface area (Å²) in [5, 5.41) is 11.9. The third-order valence-corrected chi connectivity index (χ3v) is 4.28. The van der Waals surface area contributed by atoms with Crippen molar-refractivity contribution in [3.63, 3.8) is 0 Å². The van der Waals surface area contributed by atoms with Crippen molar-refractivity contribution in [1.29, 1.82) is 0 Å². The van der Waals surface area contributed by atoms with Gasteiger partial charge in [-0.05, 0) is 42.9 Å². The van der Waals surface area contributed by atoms with Crippen LogP contribution < -0.4 is 10.1 Å². The number of hydrogen-bond donors (Lipinski definition) is 2. The van der Waals surface area contributed by atoms with Crippen molar-refractivity contribution in [2.45, 2.75) is 39.5 Å². The predicted octanol–water partition coefficient (Wildman–Crippen LogP) is 3.55. The number of hydrogen-bond acceptors (Lipinski definition) is 3. The second-order valence-corrected chi connectivity index (χ2v) is 6.67. The van der Waals surface area contributed by atoms with Gasteiger partial charge in [-0.2, -0.15) is 0 Å². The highest BCUT2D eigenvalue weighted by Crippen LogP contribution is 2.39. The standard InChI is InChI=1S/C17H23NO4/c1-17(2)8-4-5-12(10-17)15(19)18-13-7-6-11(16(20)21)9-14(13)22-3/h6-7,9,12H,4-5,8,10H2,1-3H3,(H,18,19)(H,20,21). The zero-order valence-corrected chi connectivity index (χ0v) is 13.3. The van der Waals surface area contributed by atoms with E-state index in [0.717, 1.165) is 25.7 Å². The zero-order chi connectivity index (χ0) is 16.3. The van der Waals surface area contributed by atoms with Crippen LogP contribution in [0.3, 0.4) is 0 Å². The molecule has 1 unspecified atom stereocenters. The van der Waals surface area contributed by atoms with Crippen LogP contribution in [0.15, 0.2) is 18.2 Å². The van der Waals surface area contributed by atoms with Gasteiger partial charge in [0.15, 0.2) is 0 Å². The molecule has 5 nitrogen and oxygen atoms in total. The maximum atomic E-state index is 12.5. The van der Waals surface area contributed by atoms with E-state index in [4.69, 9.17) is 9.84 Å². The lowest BCUT2D eigenvalue weighted by atomic mass is 9.72. The molecule has 5 heteroatoms. The molecule has 0 radical (unpaired) electrons. The van der Waals surface area contributed by atoms with Crippen molar-refractivity contribution < 1.29 is 19.4 Å². The maximum absolute atomic E-state index is 12.5. The first-order valence-corrected chi connectivity index (χ1v) is 7.54. The minimum atomic E-state index is -1.02. The first kappa shape index (κ1) is 16.3. The summed E-state index contributed by atoms with van der Waals surface area (Å²) < 4.78 is 5.19. The number of amides is 1. The fourth-order valence-corrected chi connectivity index (χ4v) is 3.08. The van der Waals surface area contributed by atoms with Crippen LogP contribution in [-0.2, 0) is 4.79 Å². The molecular weight excluding hydrogens is 282 g/mol. The Bertz CT molecular complexity index is 580. The van der Waals surface area contributed by atoms with Gasteiger partial charge in [-0.15, -0.1) is 0 Å². The molecule has 1 aromatic carbocycles. The number of benzene rings is 1. The molecule has 120 valence electrons. The molecule has 1 saturated carbocycles. The number of methoxy groups -OCH3 is 1. The molecule has 0 aliphatic heterocycles. The molecule has 0 saturated heterocycles. The Kier molecular flexibility index (Phi) is 4.74. The molecule has 0 bridgehead atoms. The van der Waals surface area contributed by atoms with Gasteiger partial charge >= 0.3 is 5.97 Å². The first-order valence-electron chi connectivity index (χ1n) is 7.54. The molecule has 1 aliphatic rings. The highest BCUT2D eigenvalue weighted by Gasteiger charge is 2.32. The SMILES string of the molecule is COc1cc(C(=O)O)ccc1NC(=O)C1CCCC(C)(C)C1. The summed E-state index contributed by atoms with van der Waals surface area (Å²) in [6, 6.07) is 4.46. The number of nitrogens with one attached hydrogen (secondary N) is 1. The van der Waals surface area contributed by atoms with Crippen LogP contribution in [0.4, 0.5) is 5.69 Å². The molecule has 2 N–H and O–H groups in total. The van der Waals surface area contributed by atoms with Gasteiger partial charge in [0.1, 0.15) is 5.75 Å². The topological polar surface area (TPSA) is 75.6 Å². The number of carbonyl (C=O) groups excluding carboxylic acids is 1. The summed E-state index contributed by atoms with van der Waals surface area (Å²) >= 11 is 0. The fraction of sp³-hybridized carbons (Fsp3) is 0.529. The van der Waals surface area contributed by atoms with Crippen molar-refractivity contribution in [1.82, 2.24) is 0 Å². The lowest BCUT2D eigenvalue weighted by Crippen LogP contribution is -2.31. The summed E-state index contributed by atoms with van der Waals surface area (Å²) in [5.74, 6) is -0.685. The summed E-state index contributed by atoms with van der Waals surface area (Å²) in [6.45, 7) is 4.38. The van der Waals surface area contributed by atoms with Gasteiger partial charge in [0.2, 0.25) is 5.91 Å². The Labute approximate surface area is 130 Å². The summed E-state index contributed by atoms with van der Waals surface area (Å²) in [7, 11) is 1.46. The largest absolute Gasteiger partial charge is 0.495 e. The fourth-order valence-electron chi connectivity index (χ4n) is 3.08. The van der Waals surface area contributed by atoms with E-state index in [1.165, 1.54) is 19.2 Å². The quantitative estimate of drug-likeness (QED) is 0.892. The molecular formula is C17H23NO4. The van der Waals surface area contributed by atoms with E-state index >= 15 is 0 Å². The molecule has 2 rings (SSSR count). The van der Waals surface area contributed by atoms with E-state index in [1.54, 1.807) is 6.07 Å². The molecule has 0 aromatic heterocycles. The smallest absolute Gasteiger partial charge is 0.335 e. The summed E-state index contributed by atoms with van der Waals surface area (Å²) in [5.41, 5.74) is 0.840. The van der Waals surface area contributed by atoms with Crippen LogP contribution in [0.25, 0.3) is 0 Å². The number of carboxylic acid groups (broad SMARTS) is 1. The van der Waals surface area contributed by atoms with Crippen LogP contribution >= 0.6 is 0 Å². The van der Waals surface area contributed by atoms with Gasteiger partial charge in [-0.3, -0.25) is 4.79 Å². The van der Waals surface area contributed by atoms with Gasteiger partial charge in [-0.25, -0.2) is 4.79 Å². The Morgan fingerprint density at radius 2 is 2.09 bits per heavy atom. The second kappa shape index (κ2) is 6.38. The van der Waals surface area contributed by atoms with Crippen LogP contribution in [-0.4, -0.2) is 24.1 Å². The van der Waals surface area contributed by atoms with Crippen LogP contribution in [0.1, 0.15) is 49.9 Å². The van der Waals surface area contributed by atoms with Crippen molar-refractivity contribution in [3.05, 3.63) is 23.8 Å². The monoisotopic (exact) mass is 305 g/mol. The Balaban J connectivity index is 2.13. The highest BCUT2D eigenvalue weighted by atomic mass is 16.5. The first-order chi connectivity index (χ1) is 10.3. The van der Waals surface area contributed by atoms with E-state index in [1.807, 2.05) is 0 Å². The molecule has 0 heterocycles. The van der Waals surface area contributed by atoms with Gasteiger partial charge in [0, 0.05) is 5.92 Å². The molecule has 1 amide bonds. The van der Waals surface area contributed by atoms with Crippen molar-refractivity contribution in [2.24, 2.45) is 11.3 Å². The molecule has 1 atom stereocenters. The van der Waals surface area contributed by atoms with Crippen LogP contribution in [0.2, 0.25) is 0 Å². The lowest BCUT2D eigenvalue weighted by Gasteiger charge is -2.34. The summed E-state index contributed by atoms with van der Waals surface area (Å²) in [4.78, 5) is 23.4. The Morgan fingerprint density at radius 3 is 2.68 bits per heavy atom. The second-order valence-electron chi connectivity index (χ2n) is 6.67. The third kappa shape index (κ3) is 3.78. The average Bonchev–Trinajstić information content (AvgIpc) is 2.46. The van der Waals surface area contributed by atoms with Crippen LogP contribution in [0.5, 0.6) is 5.75 Å². The average molecular weight is 305 g/mol. The van der Waals surface area contributed by atoms with Crippen LogP contribution in [0, 0.1) is 11.3 Å². The maximum Gasteiger partial charge on any atom is 0.335 e. The van der Waals surface area contributed by atoms with E-state index in [2.05, 4.69) is 19.2 Å². The third-order valence-electron chi connectivity index (χ3n) is 4.28. The van der Waals surface area contributed by atoms with Gasteiger partial charge in [0.05, 0.1) is 18.4 Å². The normalized spacial score (nSPS) is 20.2. The van der Waals surface area contributed by atoms with Crippen molar-refractivity contribution in [3.8, 4) is 5.75 Å². The minimum absolute atomic E-state index is 0.00685. The van der Waals surface area contributed by atoms with E-state index in [0.29, 0.717) is 11.4 Å². The predicted molar refractivity (Wildman–Crippen MR) is 84.3 cm³/mol. The minimum Gasteiger partial charge on any atom is -0.495 e. The molecule has 1 aromatic rings. The van der Waals surface area contributed by atoms with E-state index < -0.39 is 5.97 Å². The van der Waals surface area contributed by atoms with Gasteiger partial charge < -0.3 is 15.2 Å². The molecule has 22 heavy (non-hydrogen) atoms. The van der Waals surface area contributed by atoms with Gasteiger partial charge in [-0.1, -0.05) is 20.3 Å².